The molecule has 0 aromatic carbocycles. The van der Waals surface area contributed by atoms with E-state index < -0.39 is 0 Å². The minimum atomic E-state index is 0.309. The molecule has 0 heterocycles. The Labute approximate surface area is 74.0 Å². The standard InChI is InChI=1S/C10H18O2/c11-7-3-1-2-4-9-5-6-10(12)8-9/h9,11H,1-8H2. The summed E-state index contributed by atoms with van der Waals surface area (Å²) in [7, 11) is 0. The summed E-state index contributed by atoms with van der Waals surface area (Å²) in [6.45, 7) is 0.309. The van der Waals surface area contributed by atoms with Crippen LogP contribution in [0.15, 0.2) is 0 Å². The van der Waals surface area contributed by atoms with Crippen molar-refractivity contribution in [2.75, 3.05) is 6.61 Å². The summed E-state index contributed by atoms with van der Waals surface area (Å²) < 4.78 is 0. The molecule has 1 rings (SSSR count). The minimum absolute atomic E-state index is 0.309. The molecule has 1 N–H and O–H groups in total. The predicted molar refractivity (Wildman–Crippen MR) is 47.9 cm³/mol. The van der Waals surface area contributed by atoms with E-state index in [9.17, 15) is 4.79 Å². The average molecular weight is 170 g/mol. The molecule has 12 heavy (non-hydrogen) atoms. The maximum atomic E-state index is 10.9. The Morgan fingerprint density at radius 1 is 1.33 bits per heavy atom. The summed E-state index contributed by atoms with van der Waals surface area (Å²) in [5, 5.41) is 8.55. The number of aliphatic hydroxyl groups excluding tert-OH is 1. The molecule has 70 valence electrons. The number of Topliss-reactive ketones (excluding diaryl/α,β-unsaturated/α-hetero) is 1. The van der Waals surface area contributed by atoms with Gasteiger partial charge in [0.05, 0.1) is 0 Å². The van der Waals surface area contributed by atoms with Gasteiger partial charge in [0.15, 0.2) is 0 Å². The van der Waals surface area contributed by atoms with Crippen molar-refractivity contribution in [1.82, 2.24) is 0 Å². The largest absolute Gasteiger partial charge is 0.396 e. The fourth-order valence-corrected chi connectivity index (χ4v) is 1.86. The van der Waals surface area contributed by atoms with E-state index >= 15 is 0 Å². The van der Waals surface area contributed by atoms with Gasteiger partial charge in [-0.1, -0.05) is 19.3 Å². The van der Waals surface area contributed by atoms with Crippen molar-refractivity contribution in [3.8, 4) is 0 Å². The number of rotatable bonds is 5. The highest BCUT2D eigenvalue weighted by atomic mass is 16.2. The quantitative estimate of drug-likeness (QED) is 0.640. The summed E-state index contributed by atoms with van der Waals surface area (Å²) in [6.07, 6.45) is 7.13. The Bertz CT molecular complexity index is 143. The summed E-state index contributed by atoms with van der Waals surface area (Å²) >= 11 is 0. The fraction of sp³-hybridized carbons (Fsp3) is 0.900. The first kappa shape index (κ1) is 9.72. The molecule has 1 aliphatic rings. The van der Waals surface area contributed by atoms with Gasteiger partial charge in [0.2, 0.25) is 0 Å². The molecule has 0 aromatic rings. The van der Waals surface area contributed by atoms with Gasteiger partial charge in [-0.15, -0.1) is 0 Å². The molecule has 2 heteroatoms. The van der Waals surface area contributed by atoms with Gasteiger partial charge in [0.25, 0.3) is 0 Å². The topological polar surface area (TPSA) is 37.3 Å². The molecular weight excluding hydrogens is 152 g/mol. The molecule has 0 amide bonds. The van der Waals surface area contributed by atoms with Crippen LogP contribution in [-0.2, 0) is 4.79 Å². The van der Waals surface area contributed by atoms with Crippen molar-refractivity contribution in [3.05, 3.63) is 0 Å². The van der Waals surface area contributed by atoms with Crippen molar-refractivity contribution in [2.45, 2.75) is 44.9 Å². The molecule has 0 saturated heterocycles. The van der Waals surface area contributed by atoms with Crippen LogP contribution in [0.2, 0.25) is 0 Å². The maximum Gasteiger partial charge on any atom is 0.133 e. The van der Waals surface area contributed by atoms with Gasteiger partial charge in [-0.25, -0.2) is 0 Å². The van der Waals surface area contributed by atoms with Crippen LogP contribution in [-0.4, -0.2) is 17.5 Å². The molecule has 0 aromatic heterocycles. The third kappa shape index (κ3) is 3.35. The number of carbonyl (C=O) groups is 1. The highest BCUT2D eigenvalue weighted by Crippen LogP contribution is 2.26. The Morgan fingerprint density at radius 2 is 2.17 bits per heavy atom. The lowest BCUT2D eigenvalue weighted by molar-refractivity contribution is -0.117. The molecular formula is C10H18O2. The van der Waals surface area contributed by atoms with E-state index in [0.717, 1.165) is 32.1 Å². The summed E-state index contributed by atoms with van der Waals surface area (Å²) in [4.78, 5) is 10.9. The average Bonchev–Trinajstić information content (AvgIpc) is 2.45. The zero-order chi connectivity index (χ0) is 8.81. The van der Waals surface area contributed by atoms with Crippen molar-refractivity contribution in [2.24, 2.45) is 5.92 Å². The molecule has 0 radical (unpaired) electrons. The Hall–Kier alpha value is -0.370. The Morgan fingerprint density at radius 3 is 2.75 bits per heavy atom. The van der Waals surface area contributed by atoms with Crippen LogP contribution in [0.1, 0.15) is 44.9 Å². The van der Waals surface area contributed by atoms with E-state index in [1.165, 1.54) is 12.8 Å². The van der Waals surface area contributed by atoms with Crippen molar-refractivity contribution >= 4 is 5.78 Å². The third-order valence-electron chi connectivity index (χ3n) is 2.62. The monoisotopic (exact) mass is 170 g/mol. The highest BCUT2D eigenvalue weighted by molar-refractivity contribution is 5.80. The molecule has 1 unspecified atom stereocenters. The van der Waals surface area contributed by atoms with Gasteiger partial charge in [-0.2, -0.15) is 0 Å². The van der Waals surface area contributed by atoms with E-state index in [1.807, 2.05) is 0 Å². The number of carbonyl (C=O) groups excluding carboxylic acids is 1. The number of aliphatic hydroxyl groups is 1. The summed E-state index contributed by atoms with van der Waals surface area (Å²) in [6, 6.07) is 0. The van der Waals surface area contributed by atoms with Crippen LogP contribution >= 0.6 is 0 Å². The molecule has 1 saturated carbocycles. The van der Waals surface area contributed by atoms with Crippen molar-refractivity contribution < 1.29 is 9.90 Å². The van der Waals surface area contributed by atoms with E-state index in [4.69, 9.17) is 5.11 Å². The first-order valence-electron chi connectivity index (χ1n) is 4.95. The number of hydrogen-bond donors (Lipinski definition) is 1. The van der Waals surface area contributed by atoms with E-state index in [-0.39, 0.29) is 0 Å². The van der Waals surface area contributed by atoms with Crippen LogP contribution < -0.4 is 0 Å². The van der Waals surface area contributed by atoms with Crippen LogP contribution in [0.5, 0.6) is 0 Å². The van der Waals surface area contributed by atoms with Gasteiger partial charge < -0.3 is 5.11 Å². The Balaban J connectivity index is 1.97. The van der Waals surface area contributed by atoms with Crippen molar-refractivity contribution in [1.29, 1.82) is 0 Å². The smallest absolute Gasteiger partial charge is 0.133 e. The van der Waals surface area contributed by atoms with E-state index in [0.29, 0.717) is 18.3 Å². The van der Waals surface area contributed by atoms with Gasteiger partial charge in [-0.3, -0.25) is 4.79 Å². The van der Waals surface area contributed by atoms with Crippen LogP contribution in [0, 0.1) is 5.92 Å². The van der Waals surface area contributed by atoms with Gasteiger partial charge in [0, 0.05) is 19.4 Å². The van der Waals surface area contributed by atoms with Crippen molar-refractivity contribution in [3.63, 3.8) is 0 Å². The predicted octanol–water partition coefficient (Wildman–Crippen LogP) is 1.91. The minimum Gasteiger partial charge on any atom is -0.396 e. The zero-order valence-electron chi connectivity index (χ0n) is 7.59. The zero-order valence-corrected chi connectivity index (χ0v) is 7.59. The Kier molecular flexibility index (Phi) is 4.30. The summed E-state index contributed by atoms with van der Waals surface area (Å²) in [5.74, 6) is 1.11. The molecule has 0 bridgehead atoms. The maximum absolute atomic E-state index is 10.9. The first-order chi connectivity index (χ1) is 5.83. The molecule has 1 aliphatic carbocycles. The SMILES string of the molecule is O=C1CCC(CCCCCO)C1. The lowest BCUT2D eigenvalue weighted by atomic mass is 10.00. The summed E-state index contributed by atoms with van der Waals surface area (Å²) in [5.41, 5.74) is 0. The molecule has 0 spiro atoms. The second-order valence-electron chi connectivity index (χ2n) is 3.72. The number of hydrogen-bond acceptors (Lipinski definition) is 2. The third-order valence-corrected chi connectivity index (χ3v) is 2.62. The normalized spacial score (nSPS) is 23.4. The lowest BCUT2D eigenvalue weighted by Gasteiger charge is -2.05. The molecule has 2 nitrogen and oxygen atoms in total. The second-order valence-corrected chi connectivity index (χ2v) is 3.72. The molecule has 0 aliphatic heterocycles. The fourth-order valence-electron chi connectivity index (χ4n) is 1.86. The van der Waals surface area contributed by atoms with Crippen LogP contribution in [0.4, 0.5) is 0 Å². The molecule has 1 atom stereocenters. The highest BCUT2D eigenvalue weighted by Gasteiger charge is 2.20. The molecule has 1 fully saturated rings. The van der Waals surface area contributed by atoms with Gasteiger partial charge >= 0.3 is 0 Å². The first-order valence-corrected chi connectivity index (χ1v) is 4.95. The number of unbranched alkanes of at least 4 members (excludes halogenated alkanes) is 2. The van der Waals surface area contributed by atoms with Crippen LogP contribution in [0.25, 0.3) is 0 Å². The second kappa shape index (κ2) is 5.31. The van der Waals surface area contributed by atoms with Gasteiger partial charge in [-0.05, 0) is 18.8 Å². The van der Waals surface area contributed by atoms with E-state index in [1.54, 1.807) is 0 Å². The van der Waals surface area contributed by atoms with Crippen LogP contribution in [0.3, 0.4) is 0 Å². The van der Waals surface area contributed by atoms with E-state index in [2.05, 4.69) is 0 Å². The lowest BCUT2D eigenvalue weighted by Crippen LogP contribution is -1.95. The number of ketones is 1. The van der Waals surface area contributed by atoms with Gasteiger partial charge in [0.1, 0.15) is 5.78 Å².